The summed E-state index contributed by atoms with van der Waals surface area (Å²) in [6.07, 6.45) is 1.72. The Morgan fingerprint density at radius 2 is 1.85 bits per heavy atom. The van der Waals surface area contributed by atoms with Crippen LogP contribution >= 0.6 is 0 Å². The quantitative estimate of drug-likeness (QED) is 0.919. The first-order valence-electron chi connectivity index (χ1n) is 6.54. The summed E-state index contributed by atoms with van der Waals surface area (Å²) in [6, 6.07) is 12.6. The van der Waals surface area contributed by atoms with Crippen LogP contribution in [0, 0.1) is 0 Å². The highest BCUT2D eigenvalue weighted by Crippen LogP contribution is 2.25. The van der Waals surface area contributed by atoms with E-state index in [4.69, 9.17) is 0 Å². The average molecular weight is 290 g/mol. The molecule has 0 bridgehead atoms. The van der Waals surface area contributed by atoms with Gasteiger partial charge < -0.3 is 5.32 Å². The van der Waals surface area contributed by atoms with E-state index < -0.39 is 9.84 Å². The number of nitrogens with one attached hydrogen (secondary N) is 1. The van der Waals surface area contributed by atoms with Crippen molar-refractivity contribution in [2.45, 2.75) is 24.8 Å². The predicted octanol–water partition coefficient (Wildman–Crippen LogP) is 3.05. The van der Waals surface area contributed by atoms with E-state index in [2.05, 4.69) is 10.3 Å². The topological polar surface area (TPSA) is 59.1 Å². The van der Waals surface area contributed by atoms with Crippen LogP contribution in [0.5, 0.6) is 0 Å². The van der Waals surface area contributed by atoms with Crippen LogP contribution in [-0.4, -0.2) is 19.2 Å². The molecule has 0 aliphatic rings. The second-order valence-corrected chi connectivity index (χ2v) is 6.77. The number of benzene rings is 1. The SMILES string of the molecule is CCS(=O)(=O)c1ccccc1NC(C)c1ccccn1. The first-order valence-corrected chi connectivity index (χ1v) is 8.19. The van der Waals surface area contributed by atoms with Gasteiger partial charge in [0.1, 0.15) is 0 Å². The van der Waals surface area contributed by atoms with Crippen molar-refractivity contribution in [3.63, 3.8) is 0 Å². The molecule has 106 valence electrons. The number of hydrogen-bond acceptors (Lipinski definition) is 4. The summed E-state index contributed by atoms with van der Waals surface area (Å²) in [5.74, 6) is 0.0870. The Morgan fingerprint density at radius 1 is 1.15 bits per heavy atom. The Hall–Kier alpha value is -1.88. The van der Waals surface area contributed by atoms with E-state index in [1.54, 1.807) is 31.3 Å². The van der Waals surface area contributed by atoms with Crippen LogP contribution in [0.25, 0.3) is 0 Å². The maximum atomic E-state index is 12.1. The van der Waals surface area contributed by atoms with Gasteiger partial charge in [0.2, 0.25) is 0 Å². The second kappa shape index (κ2) is 6.05. The molecule has 1 unspecified atom stereocenters. The first-order chi connectivity index (χ1) is 9.54. The van der Waals surface area contributed by atoms with Crippen molar-refractivity contribution in [3.05, 3.63) is 54.4 Å². The van der Waals surface area contributed by atoms with E-state index in [0.717, 1.165) is 5.69 Å². The van der Waals surface area contributed by atoms with Gasteiger partial charge in [-0.3, -0.25) is 4.98 Å². The zero-order valence-electron chi connectivity index (χ0n) is 11.6. The molecule has 20 heavy (non-hydrogen) atoms. The van der Waals surface area contributed by atoms with Crippen LogP contribution in [-0.2, 0) is 9.84 Å². The molecule has 1 atom stereocenters. The van der Waals surface area contributed by atoms with Crippen molar-refractivity contribution in [2.75, 3.05) is 11.1 Å². The molecule has 0 aliphatic heterocycles. The molecule has 1 N–H and O–H groups in total. The molecule has 0 radical (unpaired) electrons. The van der Waals surface area contributed by atoms with E-state index in [-0.39, 0.29) is 11.8 Å². The summed E-state index contributed by atoms with van der Waals surface area (Å²) in [6.45, 7) is 3.60. The molecule has 0 saturated heterocycles. The number of anilines is 1. The Kier molecular flexibility index (Phi) is 4.39. The van der Waals surface area contributed by atoms with Crippen molar-refractivity contribution in [3.8, 4) is 0 Å². The number of sulfone groups is 1. The van der Waals surface area contributed by atoms with E-state index in [0.29, 0.717) is 10.6 Å². The van der Waals surface area contributed by atoms with E-state index in [1.165, 1.54) is 0 Å². The number of aromatic nitrogens is 1. The van der Waals surface area contributed by atoms with Crippen LogP contribution in [0.15, 0.2) is 53.6 Å². The maximum absolute atomic E-state index is 12.1. The molecule has 0 spiro atoms. The van der Waals surface area contributed by atoms with Gasteiger partial charge in [0, 0.05) is 6.20 Å². The fraction of sp³-hybridized carbons (Fsp3) is 0.267. The minimum Gasteiger partial charge on any atom is -0.376 e. The zero-order chi connectivity index (χ0) is 14.6. The third-order valence-corrected chi connectivity index (χ3v) is 4.89. The maximum Gasteiger partial charge on any atom is 0.180 e. The lowest BCUT2D eigenvalue weighted by Crippen LogP contribution is -2.12. The molecule has 0 aliphatic carbocycles. The minimum atomic E-state index is -3.24. The van der Waals surface area contributed by atoms with Crippen molar-refractivity contribution >= 4 is 15.5 Å². The first kappa shape index (κ1) is 14.5. The third kappa shape index (κ3) is 3.17. The highest BCUT2D eigenvalue weighted by atomic mass is 32.2. The van der Waals surface area contributed by atoms with Crippen LogP contribution in [0.4, 0.5) is 5.69 Å². The summed E-state index contributed by atoms with van der Waals surface area (Å²) in [4.78, 5) is 4.61. The molecular formula is C15H18N2O2S. The van der Waals surface area contributed by atoms with Gasteiger partial charge in [0.25, 0.3) is 0 Å². The van der Waals surface area contributed by atoms with Gasteiger partial charge in [0.15, 0.2) is 9.84 Å². The standard InChI is InChI=1S/C15H18N2O2S/c1-3-20(18,19)15-10-5-4-9-14(15)17-12(2)13-8-6-7-11-16-13/h4-12,17H,3H2,1-2H3. The summed E-state index contributed by atoms with van der Waals surface area (Å²) in [5, 5.41) is 3.23. The van der Waals surface area contributed by atoms with Gasteiger partial charge in [-0.1, -0.05) is 25.1 Å². The molecule has 1 aromatic carbocycles. The Morgan fingerprint density at radius 3 is 2.50 bits per heavy atom. The molecule has 2 rings (SSSR count). The van der Waals surface area contributed by atoms with Crippen LogP contribution in [0.3, 0.4) is 0 Å². The number of nitrogens with zero attached hydrogens (tertiary/aromatic N) is 1. The van der Waals surface area contributed by atoms with E-state index >= 15 is 0 Å². The summed E-state index contributed by atoms with van der Waals surface area (Å²) in [7, 11) is -3.24. The second-order valence-electron chi connectivity index (χ2n) is 4.52. The molecule has 2 aromatic rings. The molecular weight excluding hydrogens is 272 g/mol. The summed E-state index contributed by atoms with van der Waals surface area (Å²) < 4.78 is 24.2. The Balaban J connectivity index is 2.31. The van der Waals surface area contributed by atoms with Crippen LogP contribution < -0.4 is 5.32 Å². The van der Waals surface area contributed by atoms with E-state index in [9.17, 15) is 8.42 Å². The summed E-state index contributed by atoms with van der Waals surface area (Å²) >= 11 is 0. The van der Waals surface area contributed by atoms with Gasteiger partial charge in [-0.05, 0) is 31.2 Å². The number of para-hydroxylation sites is 1. The number of pyridine rings is 1. The fourth-order valence-corrected chi connectivity index (χ4v) is 3.01. The van der Waals surface area contributed by atoms with E-state index in [1.807, 2.05) is 31.2 Å². The van der Waals surface area contributed by atoms with Crippen molar-refractivity contribution < 1.29 is 8.42 Å². The fourth-order valence-electron chi connectivity index (χ4n) is 1.95. The van der Waals surface area contributed by atoms with Crippen LogP contribution in [0.1, 0.15) is 25.6 Å². The van der Waals surface area contributed by atoms with Gasteiger partial charge in [-0.15, -0.1) is 0 Å². The highest BCUT2D eigenvalue weighted by molar-refractivity contribution is 7.91. The lowest BCUT2D eigenvalue weighted by molar-refractivity contribution is 0.597. The molecule has 0 amide bonds. The Bertz CT molecular complexity index is 669. The van der Waals surface area contributed by atoms with Crippen molar-refractivity contribution in [2.24, 2.45) is 0 Å². The normalized spacial score (nSPS) is 12.9. The van der Waals surface area contributed by atoms with Crippen molar-refractivity contribution in [1.29, 1.82) is 0 Å². The molecule has 5 heteroatoms. The largest absolute Gasteiger partial charge is 0.376 e. The zero-order valence-corrected chi connectivity index (χ0v) is 12.4. The highest BCUT2D eigenvalue weighted by Gasteiger charge is 2.17. The van der Waals surface area contributed by atoms with Gasteiger partial charge >= 0.3 is 0 Å². The van der Waals surface area contributed by atoms with Crippen LogP contribution in [0.2, 0.25) is 0 Å². The molecule has 1 aromatic heterocycles. The molecule has 0 fully saturated rings. The third-order valence-electron chi connectivity index (χ3n) is 3.11. The minimum absolute atomic E-state index is 0.0654. The average Bonchev–Trinajstić information content (AvgIpc) is 2.48. The van der Waals surface area contributed by atoms with Gasteiger partial charge in [-0.2, -0.15) is 0 Å². The Labute approximate surface area is 119 Å². The van der Waals surface area contributed by atoms with Gasteiger partial charge in [-0.25, -0.2) is 8.42 Å². The van der Waals surface area contributed by atoms with Crippen molar-refractivity contribution in [1.82, 2.24) is 4.98 Å². The molecule has 4 nitrogen and oxygen atoms in total. The monoisotopic (exact) mass is 290 g/mol. The lowest BCUT2D eigenvalue weighted by Gasteiger charge is -2.17. The summed E-state index contributed by atoms with van der Waals surface area (Å²) in [5.41, 5.74) is 1.49. The van der Waals surface area contributed by atoms with Gasteiger partial charge in [0.05, 0.1) is 28.1 Å². The lowest BCUT2D eigenvalue weighted by atomic mass is 10.2. The smallest absolute Gasteiger partial charge is 0.180 e. The number of rotatable bonds is 5. The number of hydrogen-bond donors (Lipinski definition) is 1. The molecule has 1 heterocycles. The predicted molar refractivity (Wildman–Crippen MR) is 80.4 cm³/mol. The molecule has 0 saturated carbocycles.